The maximum atomic E-state index is 4.04. The first-order chi connectivity index (χ1) is 16.4. The average Bonchev–Trinajstić information content (AvgIpc) is 3.46. The van der Waals surface area contributed by atoms with Gasteiger partial charge in [-0.1, -0.05) is 26.0 Å². The molecule has 6 aliphatic rings. The van der Waals surface area contributed by atoms with Crippen LogP contribution < -0.4 is 0 Å². The van der Waals surface area contributed by atoms with Crippen molar-refractivity contribution < 1.29 is 0 Å². The van der Waals surface area contributed by atoms with E-state index in [2.05, 4.69) is 112 Å². The van der Waals surface area contributed by atoms with Crippen LogP contribution in [0.1, 0.15) is 55.4 Å². The third kappa shape index (κ3) is 3.25. The Morgan fingerprint density at radius 3 is 1.37 bits per heavy atom. The van der Waals surface area contributed by atoms with Crippen LogP contribution in [0.2, 0.25) is 0 Å². The van der Waals surface area contributed by atoms with Crippen LogP contribution in [-0.2, 0) is 0 Å². The van der Waals surface area contributed by atoms with E-state index in [0.29, 0.717) is 10.5 Å². The van der Waals surface area contributed by atoms with Crippen molar-refractivity contribution in [1.82, 2.24) is 0 Å². The van der Waals surface area contributed by atoms with Crippen molar-refractivity contribution in [2.24, 2.45) is 5.41 Å². The van der Waals surface area contributed by atoms with Gasteiger partial charge in [0.05, 0.1) is 10.5 Å². The summed E-state index contributed by atoms with van der Waals surface area (Å²) in [6, 6.07) is 0. The quantitative estimate of drug-likeness (QED) is 0.299. The summed E-state index contributed by atoms with van der Waals surface area (Å²) >= 11 is 12.1. The Morgan fingerprint density at radius 2 is 1.00 bits per heavy atom. The van der Waals surface area contributed by atoms with Gasteiger partial charge in [-0.15, -0.1) is 23.5 Å². The fourth-order valence-corrected chi connectivity index (χ4v) is 11.4. The predicted molar refractivity (Wildman–Crippen MR) is 163 cm³/mol. The number of halogens is 2. The molecule has 0 nitrogen and oxygen atoms in total. The van der Waals surface area contributed by atoms with E-state index < -0.39 is 0 Å². The molecular formula is C31H30Br2S2. The maximum absolute atomic E-state index is 4.04. The molecule has 180 valence electrons. The van der Waals surface area contributed by atoms with Crippen LogP contribution in [0.4, 0.5) is 0 Å². The normalized spacial score (nSPS) is 28.1. The smallest absolute Gasteiger partial charge is 0.0544 e. The molecule has 0 fully saturated rings. The van der Waals surface area contributed by atoms with Gasteiger partial charge in [0, 0.05) is 14.4 Å². The number of hydrogen-bond acceptors (Lipinski definition) is 2. The molecule has 0 aromatic heterocycles. The highest BCUT2D eigenvalue weighted by molar-refractivity contribution is 9.12. The fraction of sp³-hybridized carbons (Fsp3) is 0.355. The molecule has 2 aliphatic heterocycles. The van der Waals surface area contributed by atoms with Crippen LogP contribution in [0.3, 0.4) is 0 Å². The number of allylic oxidation sites excluding steroid dienone is 16. The van der Waals surface area contributed by atoms with Crippen molar-refractivity contribution >= 4 is 55.4 Å². The molecule has 2 heterocycles. The number of thioether (sulfide) groups is 2. The molecule has 0 bridgehead atoms. The summed E-state index contributed by atoms with van der Waals surface area (Å²) in [5, 5.41) is 0.807. The van der Waals surface area contributed by atoms with E-state index in [9.17, 15) is 0 Å². The van der Waals surface area contributed by atoms with E-state index in [1.165, 1.54) is 85.7 Å². The lowest BCUT2D eigenvalue weighted by Crippen LogP contribution is -2.24. The summed E-state index contributed by atoms with van der Waals surface area (Å²) in [6.45, 7) is 18.5. The van der Waals surface area contributed by atoms with Gasteiger partial charge in [0.25, 0.3) is 0 Å². The van der Waals surface area contributed by atoms with Gasteiger partial charge in [-0.3, -0.25) is 0 Å². The Labute approximate surface area is 235 Å². The first-order valence-electron chi connectivity index (χ1n) is 12.2. The fourth-order valence-electron chi connectivity index (χ4n) is 6.81. The Bertz CT molecular complexity index is 1360. The van der Waals surface area contributed by atoms with Crippen molar-refractivity contribution in [3.05, 3.63) is 110 Å². The van der Waals surface area contributed by atoms with E-state index in [1.807, 2.05) is 23.5 Å². The van der Waals surface area contributed by atoms with Crippen molar-refractivity contribution in [2.75, 3.05) is 0 Å². The molecule has 0 N–H and O–H groups in total. The van der Waals surface area contributed by atoms with Gasteiger partial charge in [-0.25, -0.2) is 0 Å². The molecule has 0 aromatic carbocycles. The molecule has 4 heteroatoms. The zero-order valence-corrected chi connectivity index (χ0v) is 26.3. The summed E-state index contributed by atoms with van der Waals surface area (Å²) in [4.78, 5) is 2.88. The second-order valence-corrected chi connectivity index (χ2v) is 15.2. The van der Waals surface area contributed by atoms with Gasteiger partial charge in [0.1, 0.15) is 0 Å². The second-order valence-electron chi connectivity index (χ2n) is 10.9. The highest BCUT2D eigenvalue weighted by atomic mass is 79.9. The van der Waals surface area contributed by atoms with Gasteiger partial charge in [0.15, 0.2) is 0 Å². The summed E-state index contributed by atoms with van der Waals surface area (Å²) in [7, 11) is 0. The van der Waals surface area contributed by atoms with E-state index in [1.54, 1.807) is 0 Å². The summed E-state index contributed by atoms with van der Waals surface area (Å²) < 4.78 is 2.57. The molecule has 0 spiro atoms. The minimum atomic E-state index is -0.112. The number of rotatable bonds is 2. The zero-order valence-electron chi connectivity index (χ0n) is 21.5. The van der Waals surface area contributed by atoms with E-state index in [0.717, 1.165) is 0 Å². The number of fused-ring (bicyclic) bond motifs is 4. The van der Waals surface area contributed by atoms with Gasteiger partial charge < -0.3 is 0 Å². The molecule has 0 aromatic rings. The summed E-state index contributed by atoms with van der Waals surface area (Å²) in [6.07, 6.45) is 9.90. The zero-order chi connectivity index (χ0) is 25.1. The SMILES string of the molecule is CC1=C(C(C)(C)C2=C(C)C=C3C2=CC2SC(C)=C(C)C2=C3Br)C2=CC3SC(C)=C(C)C3=C(Br)C2=C1. The molecule has 0 radical (unpaired) electrons. The maximum Gasteiger partial charge on any atom is 0.0544 e. The molecule has 2 unspecified atom stereocenters. The lowest BCUT2D eigenvalue weighted by Gasteiger charge is -2.36. The standard InChI is InChI=1S/C31H30Br2S2/c1-13-9-21-19(11-23-25(29(21)32)15(3)17(5)34-23)27(13)31(7,8)28-14(2)10-22-20(28)12-24-26(30(22)33)16(4)18(6)35-24/h9-12,23-24H,1-8H3. The minimum absolute atomic E-state index is 0.112. The van der Waals surface area contributed by atoms with Gasteiger partial charge in [0.2, 0.25) is 0 Å². The molecule has 4 aliphatic carbocycles. The van der Waals surface area contributed by atoms with Crippen LogP contribution in [0.25, 0.3) is 0 Å². The van der Waals surface area contributed by atoms with E-state index in [4.69, 9.17) is 0 Å². The molecule has 35 heavy (non-hydrogen) atoms. The van der Waals surface area contributed by atoms with Crippen LogP contribution in [0, 0.1) is 5.41 Å². The Morgan fingerprint density at radius 1 is 0.629 bits per heavy atom. The lowest BCUT2D eigenvalue weighted by atomic mass is 9.68. The summed E-state index contributed by atoms with van der Waals surface area (Å²) in [5.74, 6) is 0. The van der Waals surface area contributed by atoms with Crippen molar-refractivity contribution in [2.45, 2.75) is 65.9 Å². The predicted octanol–water partition coefficient (Wildman–Crippen LogP) is 10.5. The number of hydrogen-bond donors (Lipinski definition) is 0. The minimum Gasteiger partial charge on any atom is -0.118 e. The Kier molecular flexibility index (Phi) is 5.60. The van der Waals surface area contributed by atoms with E-state index >= 15 is 0 Å². The molecule has 6 rings (SSSR count). The topological polar surface area (TPSA) is 0 Å². The van der Waals surface area contributed by atoms with Crippen LogP contribution in [0.5, 0.6) is 0 Å². The molecule has 0 saturated carbocycles. The average molecular weight is 627 g/mol. The van der Waals surface area contributed by atoms with Gasteiger partial charge in [-0.05, 0) is 162 Å². The van der Waals surface area contributed by atoms with Gasteiger partial charge in [-0.2, -0.15) is 0 Å². The van der Waals surface area contributed by atoms with Gasteiger partial charge >= 0.3 is 0 Å². The second kappa shape index (κ2) is 8.03. The van der Waals surface area contributed by atoms with Crippen LogP contribution in [-0.4, -0.2) is 10.5 Å². The first-order valence-corrected chi connectivity index (χ1v) is 15.6. The van der Waals surface area contributed by atoms with Crippen molar-refractivity contribution in [3.63, 3.8) is 0 Å². The van der Waals surface area contributed by atoms with Crippen LogP contribution >= 0.6 is 55.4 Å². The van der Waals surface area contributed by atoms with E-state index in [-0.39, 0.29) is 5.41 Å². The lowest BCUT2D eigenvalue weighted by molar-refractivity contribution is 0.550. The third-order valence-corrected chi connectivity index (χ3v) is 12.8. The first kappa shape index (κ1) is 24.4. The molecule has 2 atom stereocenters. The molecular weight excluding hydrogens is 596 g/mol. The monoisotopic (exact) mass is 624 g/mol. The third-order valence-electron chi connectivity index (χ3n) is 8.50. The molecule has 0 amide bonds. The summed E-state index contributed by atoms with van der Waals surface area (Å²) in [5.41, 5.74) is 17.0. The highest BCUT2D eigenvalue weighted by Crippen LogP contribution is 2.60. The van der Waals surface area contributed by atoms with Crippen LogP contribution in [0.15, 0.2) is 110 Å². The Hall–Kier alpha value is -0.940. The highest BCUT2D eigenvalue weighted by Gasteiger charge is 2.45. The van der Waals surface area contributed by atoms with Crippen molar-refractivity contribution in [1.29, 1.82) is 0 Å². The molecule has 0 saturated heterocycles. The largest absolute Gasteiger partial charge is 0.118 e. The van der Waals surface area contributed by atoms with Crippen molar-refractivity contribution in [3.8, 4) is 0 Å². The Balaban J connectivity index is 1.43.